The van der Waals surface area contributed by atoms with Crippen LogP contribution in [0.25, 0.3) is 11.3 Å². The Balaban J connectivity index is 1.60. The molecule has 1 saturated heterocycles. The van der Waals surface area contributed by atoms with Crippen LogP contribution in [-0.2, 0) is 18.9 Å². The van der Waals surface area contributed by atoms with E-state index in [1.807, 2.05) is 0 Å². The summed E-state index contributed by atoms with van der Waals surface area (Å²) in [7, 11) is 1.24. The van der Waals surface area contributed by atoms with Crippen LogP contribution >= 0.6 is 0 Å². The first kappa shape index (κ1) is 38.3. The van der Waals surface area contributed by atoms with Crippen LogP contribution < -0.4 is 25.6 Å². The molecule has 3 N–H and O–H groups in total. The summed E-state index contributed by atoms with van der Waals surface area (Å²) >= 11 is 0. The highest BCUT2D eigenvalue weighted by Crippen LogP contribution is 2.30. The molecule has 51 heavy (non-hydrogen) atoms. The van der Waals surface area contributed by atoms with Gasteiger partial charge < -0.3 is 39.2 Å². The molecule has 1 aliphatic rings. The Bertz CT molecular complexity index is 1710. The van der Waals surface area contributed by atoms with Crippen LogP contribution in [0.4, 0.5) is 26.8 Å². The van der Waals surface area contributed by atoms with Gasteiger partial charge in [-0.2, -0.15) is 0 Å². The van der Waals surface area contributed by atoms with Gasteiger partial charge in [-0.05, 0) is 72.2 Å². The summed E-state index contributed by atoms with van der Waals surface area (Å²) in [5, 5.41) is 8.04. The lowest BCUT2D eigenvalue weighted by Gasteiger charge is -2.30. The number of hydrogen-bond donors (Lipinski definition) is 3. The molecule has 0 atom stereocenters. The number of ether oxygens (including phenoxy) is 5. The number of nitrogens with one attached hydrogen (secondary N) is 3. The molecule has 0 spiro atoms. The Labute approximate surface area is 296 Å². The van der Waals surface area contributed by atoms with Gasteiger partial charge in [0.1, 0.15) is 22.5 Å². The Morgan fingerprint density at radius 2 is 1.63 bits per heavy atom. The normalized spacial score (nSPS) is 13.1. The molecule has 4 rings (SSSR count). The summed E-state index contributed by atoms with van der Waals surface area (Å²) in [5.41, 5.74) is 0.251. The third-order valence-electron chi connectivity index (χ3n) is 6.93. The molecule has 16 nitrogen and oxygen atoms in total. The molecule has 2 aromatic heterocycles. The van der Waals surface area contributed by atoms with Crippen LogP contribution in [-0.4, -0.2) is 96.8 Å². The van der Waals surface area contributed by atoms with E-state index >= 15 is 0 Å². The largest absolute Gasteiger partial charge is 0.493 e. The van der Waals surface area contributed by atoms with Crippen molar-refractivity contribution >= 4 is 41.3 Å². The molecule has 3 amide bonds. The summed E-state index contributed by atoms with van der Waals surface area (Å²) in [6, 6.07) is 6.51. The zero-order valence-electron chi connectivity index (χ0n) is 30.0. The highest BCUT2D eigenvalue weighted by molar-refractivity contribution is 6.09. The lowest BCUT2D eigenvalue weighted by molar-refractivity contribution is 0.0523. The quantitative estimate of drug-likeness (QED) is 0.136. The van der Waals surface area contributed by atoms with Crippen LogP contribution in [0.1, 0.15) is 68.8 Å². The number of amides is 3. The number of pyridine rings is 1. The molecular weight excluding hydrogens is 662 g/mol. The fourth-order valence-corrected chi connectivity index (χ4v) is 4.77. The number of anilines is 3. The van der Waals surface area contributed by atoms with Crippen molar-refractivity contribution in [3.8, 4) is 17.0 Å². The second kappa shape index (κ2) is 16.9. The number of aromatic nitrogens is 3. The molecule has 3 aromatic rings. The average molecular weight is 708 g/mol. The van der Waals surface area contributed by atoms with Gasteiger partial charge in [0, 0.05) is 31.4 Å². The van der Waals surface area contributed by atoms with Gasteiger partial charge in [0.15, 0.2) is 11.5 Å². The van der Waals surface area contributed by atoms with Crippen molar-refractivity contribution in [1.29, 1.82) is 0 Å². The van der Waals surface area contributed by atoms with Crippen LogP contribution in [0, 0.1) is 0 Å². The van der Waals surface area contributed by atoms with E-state index in [9.17, 15) is 19.2 Å². The summed E-state index contributed by atoms with van der Waals surface area (Å²) in [4.78, 5) is 66.5. The molecule has 0 aliphatic carbocycles. The van der Waals surface area contributed by atoms with E-state index in [1.165, 1.54) is 25.6 Å². The third kappa shape index (κ3) is 11.5. The smallest absolute Gasteiger partial charge is 0.413 e. The minimum atomic E-state index is -0.829. The van der Waals surface area contributed by atoms with Crippen LogP contribution in [0.2, 0.25) is 0 Å². The van der Waals surface area contributed by atoms with Gasteiger partial charge in [0.2, 0.25) is 0 Å². The molecule has 0 bridgehead atoms. The SMILES string of the molecule is COC(=O)c1cc(-c2cnc(NC(=O)OC(C)(C)C)c(C(=O)Nc3cnccc3N3CCOCC3)n2)ccc1OCCCNC(=O)OC(C)(C)C. The first-order valence-corrected chi connectivity index (χ1v) is 16.4. The number of methoxy groups -OCH3 is 1. The van der Waals surface area contributed by atoms with Crippen molar-refractivity contribution in [3.63, 3.8) is 0 Å². The number of rotatable bonds is 11. The maximum absolute atomic E-state index is 13.9. The first-order chi connectivity index (χ1) is 24.1. The number of alkyl carbamates (subject to hydrolysis) is 1. The maximum atomic E-state index is 13.9. The van der Waals surface area contributed by atoms with Gasteiger partial charge in [0.05, 0.1) is 56.4 Å². The maximum Gasteiger partial charge on any atom is 0.413 e. The number of hydrogen-bond acceptors (Lipinski definition) is 13. The second-order valence-corrected chi connectivity index (χ2v) is 13.4. The highest BCUT2D eigenvalue weighted by atomic mass is 16.6. The van der Waals surface area contributed by atoms with Crippen LogP contribution in [0.5, 0.6) is 5.75 Å². The van der Waals surface area contributed by atoms with Crippen molar-refractivity contribution in [3.05, 3.63) is 54.1 Å². The van der Waals surface area contributed by atoms with Gasteiger partial charge in [-0.15, -0.1) is 0 Å². The standard InChI is InChI=1S/C35H45N7O9/c1-34(2,3)50-32(45)37-12-8-16-49-27-10-9-22(19-23(27)31(44)47-7)24-21-38-29(41-33(46)51-35(4,5)6)28(39-24)30(43)40-25-20-36-13-11-26(25)42-14-17-48-18-15-42/h9-11,13,19-21H,8,12,14-18H2,1-7H3,(H,37,45)(H,40,43)(H,38,41,46). The van der Waals surface area contributed by atoms with Gasteiger partial charge in [-0.25, -0.2) is 24.4 Å². The number of morpholine rings is 1. The zero-order chi connectivity index (χ0) is 37.2. The monoisotopic (exact) mass is 707 g/mol. The van der Waals surface area contributed by atoms with Crippen molar-refractivity contribution in [2.24, 2.45) is 0 Å². The Hall–Kier alpha value is -5.51. The van der Waals surface area contributed by atoms with Crippen molar-refractivity contribution in [2.75, 3.05) is 62.1 Å². The number of benzene rings is 1. The molecule has 1 fully saturated rings. The minimum absolute atomic E-state index is 0.101. The number of carbonyl (C=O) groups excluding carboxylic acids is 4. The second-order valence-electron chi connectivity index (χ2n) is 13.4. The van der Waals surface area contributed by atoms with E-state index < -0.39 is 35.3 Å². The summed E-state index contributed by atoms with van der Waals surface area (Å²) in [6.45, 7) is 13.2. The Kier molecular flexibility index (Phi) is 12.7. The molecule has 274 valence electrons. The van der Waals surface area contributed by atoms with E-state index in [-0.39, 0.29) is 41.7 Å². The van der Waals surface area contributed by atoms with Gasteiger partial charge in [-0.3, -0.25) is 15.1 Å². The highest BCUT2D eigenvalue weighted by Gasteiger charge is 2.25. The predicted octanol–water partition coefficient (Wildman–Crippen LogP) is 5.05. The van der Waals surface area contributed by atoms with E-state index in [2.05, 4.69) is 35.8 Å². The number of esters is 1. The summed E-state index contributed by atoms with van der Waals surface area (Å²) in [5.74, 6) is -1.24. The Morgan fingerprint density at radius 1 is 0.922 bits per heavy atom. The van der Waals surface area contributed by atoms with Crippen molar-refractivity contribution < 1.29 is 42.9 Å². The summed E-state index contributed by atoms with van der Waals surface area (Å²) < 4.78 is 26.9. The molecule has 3 heterocycles. The predicted molar refractivity (Wildman–Crippen MR) is 188 cm³/mol. The van der Waals surface area contributed by atoms with Gasteiger partial charge in [-0.1, -0.05) is 0 Å². The van der Waals surface area contributed by atoms with E-state index in [1.54, 1.807) is 65.9 Å². The molecular formula is C35H45N7O9. The van der Waals surface area contributed by atoms with Crippen molar-refractivity contribution in [2.45, 2.75) is 59.2 Å². The number of nitrogens with zero attached hydrogens (tertiary/aromatic N) is 4. The molecule has 1 aliphatic heterocycles. The van der Waals surface area contributed by atoms with E-state index in [0.717, 1.165) is 5.69 Å². The zero-order valence-corrected chi connectivity index (χ0v) is 30.0. The Morgan fingerprint density at radius 3 is 2.31 bits per heavy atom. The minimum Gasteiger partial charge on any atom is -0.493 e. The van der Waals surface area contributed by atoms with Crippen molar-refractivity contribution in [1.82, 2.24) is 20.3 Å². The van der Waals surface area contributed by atoms with Crippen LogP contribution in [0.3, 0.4) is 0 Å². The van der Waals surface area contributed by atoms with E-state index in [0.29, 0.717) is 44.0 Å². The van der Waals surface area contributed by atoms with Gasteiger partial charge in [0.25, 0.3) is 5.91 Å². The molecule has 0 unspecified atom stereocenters. The molecule has 16 heteroatoms. The first-order valence-electron chi connectivity index (χ1n) is 16.4. The lowest BCUT2D eigenvalue weighted by atomic mass is 10.1. The fourth-order valence-electron chi connectivity index (χ4n) is 4.77. The molecule has 0 saturated carbocycles. The topological polar surface area (TPSA) is 192 Å². The van der Waals surface area contributed by atoms with E-state index in [4.69, 9.17) is 23.7 Å². The summed E-state index contributed by atoms with van der Waals surface area (Å²) in [6.07, 6.45) is 3.57. The molecule has 1 aromatic carbocycles. The van der Waals surface area contributed by atoms with Crippen LogP contribution in [0.15, 0.2) is 42.9 Å². The fraction of sp³-hybridized carbons (Fsp3) is 0.457. The third-order valence-corrected chi connectivity index (χ3v) is 6.93. The van der Waals surface area contributed by atoms with Gasteiger partial charge >= 0.3 is 18.2 Å². The number of carbonyl (C=O) groups is 4. The lowest BCUT2D eigenvalue weighted by Crippen LogP contribution is -2.36. The average Bonchev–Trinajstić information content (AvgIpc) is 3.07. The molecule has 0 radical (unpaired) electrons.